The van der Waals surface area contributed by atoms with E-state index in [0.29, 0.717) is 19.5 Å². The van der Waals surface area contributed by atoms with Gasteiger partial charge in [-0.3, -0.25) is 4.79 Å². The zero-order valence-electron chi connectivity index (χ0n) is 13.5. The molecule has 4 rings (SSSR count). The van der Waals surface area contributed by atoms with Gasteiger partial charge < -0.3 is 14.4 Å². The number of benzene rings is 1. The molecule has 1 aromatic heterocycles. The number of fused-ring (bicyclic) bond motifs is 3. The molecule has 2 aromatic rings. The van der Waals surface area contributed by atoms with Gasteiger partial charge in [-0.2, -0.15) is 0 Å². The lowest BCUT2D eigenvalue weighted by molar-refractivity contribution is -0.134. The van der Waals surface area contributed by atoms with Crippen molar-refractivity contribution < 1.29 is 14.3 Å². The minimum Gasteiger partial charge on any atom is -0.464 e. The van der Waals surface area contributed by atoms with E-state index in [1.54, 1.807) is 6.26 Å². The standard InChI is InChI=1S/C19H23NO3/c1-2-12-3-6-17-16(7-12)15(11-23-17)8-18(21)20-9-13-4-5-14(10-20)19(13)22/h3,6-7,11,13-14,19,22H,2,4-5,8-10H2,1H3/t13-,14+,19?. The van der Waals surface area contributed by atoms with Gasteiger partial charge in [0.05, 0.1) is 18.8 Å². The molecule has 122 valence electrons. The fourth-order valence-corrected chi connectivity index (χ4v) is 4.16. The molecule has 2 bridgehead atoms. The van der Waals surface area contributed by atoms with Gasteiger partial charge in [-0.1, -0.05) is 13.0 Å². The van der Waals surface area contributed by atoms with E-state index in [0.717, 1.165) is 35.8 Å². The second-order valence-electron chi connectivity index (χ2n) is 7.01. The fourth-order valence-electron chi connectivity index (χ4n) is 4.16. The zero-order valence-corrected chi connectivity index (χ0v) is 13.5. The van der Waals surface area contributed by atoms with Crippen molar-refractivity contribution in [2.75, 3.05) is 13.1 Å². The molecule has 0 spiro atoms. The number of amides is 1. The molecule has 2 fully saturated rings. The van der Waals surface area contributed by atoms with E-state index >= 15 is 0 Å². The highest BCUT2D eigenvalue weighted by atomic mass is 16.3. The number of rotatable bonds is 3. The summed E-state index contributed by atoms with van der Waals surface area (Å²) in [4.78, 5) is 14.6. The lowest BCUT2D eigenvalue weighted by atomic mass is 9.94. The Morgan fingerprint density at radius 2 is 2.04 bits per heavy atom. The van der Waals surface area contributed by atoms with Crippen LogP contribution in [0.3, 0.4) is 0 Å². The lowest BCUT2D eigenvalue weighted by Gasteiger charge is -2.35. The molecule has 23 heavy (non-hydrogen) atoms. The van der Waals surface area contributed by atoms with Gasteiger partial charge in [-0.15, -0.1) is 0 Å². The van der Waals surface area contributed by atoms with Crippen molar-refractivity contribution in [1.29, 1.82) is 0 Å². The molecular formula is C19H23NO3. The summed E-state index contributed by atoms with van der Waals surface area (Å²) in [5.74, 6) is 0.689. The number of carbonyl (C=O) groups excluding carboxylic acids is 1. The maximum atomic E-state index is 12.7. The van der Waals surface area contributed by atoms with Crippen LogP contribution >= 0.6 is 0 Å². The van der Waals surface area contributed by atoms with Gasteiger partial charge in [-0.05, 0) is 37.0 Å². The largest absolute Gasteiger partial charge is 0.464 e. The van der Waals surface area contributed by atoms with Crippen LogP contribution in [0, 0.1) is 11.8 Å². The maximum absolute atomic E-state index is 12.7. The number of nitrogens with zero attached hydrogens (tertiary/aromatic N) is 1. The average Bonchev–Trinajstić information content (AvgIpc) is 3.02. The normalized spacial score (nSPS) is 26.9. The van der Waals surface area contributed by atoms with Gasteiger partial charge in [0.25, 0.3) is 0 Å². The Kier molecular flexibility index (Phi) is 3.64. The Bertz CT molecular complexity index is 721. The number of aliphatic hydroxyl groups excluding tert-OH is 1. The van der Waals surface area contributed by atoms with Crippen LogP contribution in [0.1, 0.15) is 30.9 Å². The first-order chi connectivity index (χ1) is 11.2. The zero-order chi connectivity index (χ0) is 16.0. The highest BCUT2D eigenvalue weighted by Crippen LogP contribution is 2.37. The van der Waals surface area contributed by atoms with E-state index in [1.807, 2.05) is 11.0 Å². The van der Waals surface area contributed by atoms with Gasteiger partial charge in [0.2, 0.25) is 5.91 Å². The summed E-state index contributed by atoms with van der Waals surface area (Å²) in [5.41, 5.74) is 3.07. The number of piperidine rings is 1. The van der Waals surface area contributed by atoms with E-state index in [1.165, 1.54) is 5.56 Å². The summed E-state index contributed by atoms with van der Waals surface area (Å²) in [7, 11) is 0. The van der Waals surface area contributed by atoms with Crippen LogP contribution in [0.4, 0.5) is 0 Å². The number of likely N-dealkylation sites (tertiary alicyclic amines) is 1. The number of hydrogen-bond donors (Lipinski definition) is 1. The van der Waals surface area contributed by atoms with Crippen LogP contribution in [0.5, 0.6) is 0 Å². The first kappa shape index (κ1) is 14.8. The molecule has 1 aliphatic carbocycles. The summed E-state index contributed by atoms with van der Waals surface area (Å²) < 4.78 is 5.60. The summed E-state index contributed by atoms with van der Waals surface area (Å²) in [6.07, 6.45) is 4.96. The van der Waals surface area contributed by atoms with E-state index in [2.05, 4.69) is 19.1 Å². The quantitative estimate of drug-likeness (QED) is 0.948. The third kappa shape index (κ3) is 2.55. The molecule has 1 saturated heterocycles. The van der Waals surface area contributed by atoms with Crippen LogP contribution < -0.4 is 0 Å². The van der Waals surface area contributed by atoms with Gasteiger partial charge in [0, 0.05) is 35.9 Å². The summed E-state index contributed by atoms with van der Waals surface area (Å²) in [6.45, 7) is 3.53. The summed E-state index contributed by atoms with van der Waals surface area (Å²) in [5, 5.41) is 11.2. The Labute approximate surface area is 136 Å². The number of carbonyl (C=O) groups is 1. The van der Waals surface area contributed by atoms with E-state index < -0.39 is 0 Å². The molecule has 1 unspecified atom stereocenters. The molecule has 1 amide bonds. The molecule has 0 radical (unpaired) electrons. The second-order valence-corrected chi connectivity index (χ2v) is 7.01. The molecule has 1 N–H and O–H groups in total. The average molecular weight is 313 g/mol. The Morgan fingerprint density at radius 3 is 2.74 bits per heavy atom. The summed E-state index contributed by atoms with van der Waals surface area (Å²) in [6, 6.07) is 6.19. The van der Waals surface area contributed by atoms with Crippen molar-refractivity contribution in [2.45, 2.75) is 38.7 Å². The third-order valence-electron chi connectivity index (χ3n) is 5.60. The molecule has 1 saturated carbocycles. The Morgan fingerprint density at radius 1 is 1.30 bits per heavy atom. The molecule has 1 aromatic carbocycles. The fraction of sp³-hybridized carbons (Fsp3) is 0.526. The molecule has 3 atom stereocenters. The number of hydrogen-bond acceptors (Lipinski definition) is 3. The predicted octanol–water partition coefficient (Wildman–Crippen LogP) is 2.77. The minimum atomic E-state index is -0.207. The predicted molar refractivity (Wildman–Crippen MR) is 88.1 cm³/mol. The second kappa shape index (κ2) is 5.68. The van der Waals surface area contributed by atoms with E-state index in [9.17, 15) is 9.90 Å². The van der Waals surface area contributed by atoms with Crippen molar-refractivity contribution in [3.05, 3.63) is 35.6 Å². The monoisotopic (exact) mass is 313 g/mol. The first-order valence-corrected chi connectivity index (χ1v) is 8.60. The van der Waals surface area contributed by atoms with Crippen LogP contribution in [0.15, 0.2) is 28.9 Å². The maximum Gasteiger partial charge on any atom is 0.227 e. The first-order valence-electron chi connectivity index (χ1n) is 8.60. The molecule has 4 heteroatoms. The highest BCUT2D eigenvalue weighted by molar-refractivity contribution is 5.88. The molecular weight excluding hydrogens is 290 g/mol. The Hall–Kier alpha value is -1.81. The molecule has 2 heterocycles. The Balaban J connectivity index is 1.53. The van der Waals surface area contributed by atoms with Crippen LogP contribution in [-0.2, 0) is 17.6 Å². The van der Waals surface area contributed by atoms with Crippen LogP contribution in [-0.4, -0.2) is 35.1 Å². The third-order valence-corrected chi connectivity index (χ3v) is 5.60. The van der Waals surface area contributed by atoms with Gasteiger partial charge >= 0.3 is 0 Å². The van der Waals surface area contributed by atoms with Crippen molar-refractivity contribution in [1.82, 2.24) is 4.90 Å². The van der Waals surface area contributed by atoms with Crippen molar-refractivity contribution >= 4 is 16.9 Å². The van der Waals surface area contributed by atoms with E-state index in [-0.39, 0.29) is 23.8 Å². The van der Waals surface area contributed by atoms with E-state index in [4.69, 9.17) is 4.42 Å². The number of aliphatic hydroxyl groups is 1. The van der Waals surface area contributed by atoms with Gasteiger partial charge in [0.15, 0.2) is 0 Å². The molecule has 1 aliphatic heterocycles. The minimum absolute atomic E-state index is 0.151. The molecule has 2 aliphatic rings. The van der Waals surface area contributed by atoms with Crippen molar-refractivity contribution in [3.8, 4) is 0 Å². The SMILES string of the molecule is CCc1ccc2occ(CC(=O)N3C[C@H]4CC[C@@H](C3)C4O)c2c1. The van der Waals surface area contributed by atoms with Crippen LogP contribution in [0.2, 0.25) is 0 Å². The highest BCUT2D eigenvalue weighted by Gasteiger charge is 2.42. The summed E-state index contributed by atoms with van der Waals surface area (Å²) >= 11 is 0. The lowest BCUT2D eigenvalue weighted by Crippen LogP contribution is -2.47. The van der Waals surface area contributed by atoms with Crippen LogP contribution in [0.25, 0.3) is 11.0 Å². The molecule has 4 nitrogen and oxygen atoms in total. The van der Waals surface area contributed by atoms with Crippen molar-refractivity contribution in [3.63, 3.8) is 0 Å². The number of aryl methyl sites for hydroxylation is 1. The van der Waals surface area contributed by atoms with Gasteiger partial charge in [0.1, 0.15) is 5.58 Å². The topological polar surface area (TPSA) is 53.7 Å². The van der Waals surface area contributed by atoms with Gasteiger partial charge in [-0.25, -0.2) is 0 Å². The number of furan rings is 1. The smallest absolute Gasteiger partial charge is 0.227 e. The van der Waals surface area contributed by atoms with Crippen molar-refractivity contribution in [2.24, 2.45) is 11.8 Å².